The Morgan fingerprint density at radius 2 is 1.27 bits per heavy atom. The van der Waals surface area contributed by atoms with E-state index in [-0.39, 0.29) is 17.5 Å². The molecule has 1 aliphatic rings. The first-order valence-electron chi connectivity index (χ1n) is 7.16. The molecule has 1 fully saturated rings. The van der Waals surface area contributed by atoms with Gasteiger partial charge in [0.05, 0.1) is 31.7 Å². The first-order chi connectivity index (χ1) is 10.7. The van der Waals surface area contributed by atoms with Crippen LogP contribution >= 0.6 is 11.6 Å². The highest BCUT2D eigenvalue weighted by atomic mass is 35.5. The van der Waals surface area contributed by atoms with Gasteiger partial charge in [0.15, 0.2) is 0 Å². The van der Waals surface area contributed by atoms with Gasteiger partial charge < -0.3 is 9.47 Å². The minimum atomic E-state index is -0.126. The second-order valence-electron chi connectivity index (χ2n) is 5.24. The Kier molecular flexibility index (Phi) is 4.52. The van der Waals surface area contributed by atoms with Gasteiger partial charge in [-0.05, 0) is 35.4 Å². The molecule has 22 heavy (non-hydrogen) atoms. The molecule has 1 aliphatic heterocycles. The largest absolute Gasteiger partial charge is 0.497 e. The van der Waals surface area contributed by atoms with E-state index < -0.39 is 0 Å². The van der Waals surface area contributed by atoms with E-state index in [0.717, 1.165) is 22.6 Å². The highest BCUT2D eigenvalue weighted by Gasteiger charge is 2.36. The van der Waals surface area contributed by atoms with Crippen molar-refractivity contribution in [3.63, 3.8) is 0 Å². The molecule has 0 radical (unpaired) electrons. The van der Waals surface area contributed by atoms with E-state index in [1.165, 1.54) is 0 Å². The molecule has 0 aromatic heterocycles. The smallest absolute Gasteiger partial charge is 0.119 e. The summed E-state index contributed by atoms with van der Waals surface area (Å²) >= 11 is 6.70. The average molecular weight is 319 g/mol. The SMILES string of the molecule is COc1cccc(C2NNC(c3cccc(OC)c3)C2Cl)c1. The van der Waals surface area contributed by atoms with Gasteiger partial charge in [0, 0.05) is 0 Å². The molecule has 0 amide bonds. The van der Waals surface area contributed by atoms with Crippen LogP contribution in [0.4, 0.5) is 0 Å². The number of hydrogen-bond donors (Lipinski definition) is 2. The van der Waals surface area contributed by atoms with Gasteiger partial charge >= 0.3 is 0 Å². The molecule has 3 rings (SSSR count). The topological polar surface area (TPSA) is 42.5 Å². The maximum atomic E-state index is 6.70. The third-order valence-electron chi connectivity index (χ3n) is 3.94. The van der Waals surface area contributed by atoms with Gasteiger partial charge in [-0.25, -0.2) is 10.9 Å². The predicted molar refractivity (Wildman–Crippen MR) is 87.4 cm³/mol. The normalized spacial score (nSPS) is 24.2. The minimum absolute atomic E-state index is 0.00738. The van der Waals surface area contributed by atoms with E-state index in [2.05, 4.69) is 10.9 Å². The third kappa shape index (κ3) is 2.90. The molecule has 4 nitrogen and oxygen atoms in total. The van der Waals surface area contributed by atoms with Crippen LogP contribution in [0.25, 0.3) is 0 Å². The second kappa shape index (κ2) is 6.57. The van der Waals surface area contributed by atoms with Crippen molar-refractivity contribution in [1.82, 2.24) is 10.9 Å². The lowest BCUT2D eigenvalue weighted by atomic mass is 9.97. The number of alkyl halides is 1. The lowest BCUT2D eigenvalue weighted by Crippen LogP contribution is -2.26. The van der Waals surface area contributed by atoms with Gasteiger partial charge in [-0.1, -0.05) is 24.3 Å². The van der Waals surface area contributed by atoms with E-state index in [0.29, 0.717) is 0 Å². The maximum Gasteiger partial charge on any atom is 0.119 e. The van der Waals surface area contributed by atoms with Gasteiger partial charge in [-0.3, -0.25) is 0 Å². The van der Waals surface area contributed by atoms with Crippen LogP contribution in [0.15, 0.2) is 48.5 Å². The highest BCUT2D eigenvalue weighted by molar-refractivity contribution is 6.21. The Balaban J connectivity index is 1.83. The van der Waals surface area contributed by atoms with Crippen molar-refractivity contribution >= 4 is 11.6 Å². The van der Waals surface area contributed by atoms with Crippen molar-refractivity contribution in [2.45, 2.75) is 17.5 Å². The van der Waals surface area contributed by atoms with E-state index in [9.17, 15) is 0 Å². The number of hydrazine groups is 1. The second-order valence-corrected chi connectivity index (χ2v) is 5.75. The van der Waals surface area contributed by atoms with E-state index in [1.807, 2.05) is 48.5 Å². The lowest BCUT2D eigenvalue weighted by Gasteiger charge is -2.18. The number of hydrogen-bond acceptors (Lipinski definition) is 4. The van der Waals surface area contributed by atoms with Crippen LogP contribution < -0.4 is 20.3 Å². The van der Waals surface area contributed by atoms with Crippen molar-refractivity contribution in [3.05, 3.63) is 59.7 Å². The summed E-state index contributed by atoms with van der Waals surface area (Å²) in [6.45, 7) is 0. The molecular weight excluding hydrogens is 300 g/mol. The van der Waals surface area contributed by atoms with E-state index in [4.69, 9.17) is 21.1 Å². The minimum Gasteiger partial charge on any atom is -0.497 e. The lowest BCUT2D eigenvalue weighted by molar-refractivity contribution is 0.413. The molecule has 2 aromatic rings. The zero-order chi connectivity index (χ0) is 15.5. The molecule has 2 aromatic carbocycles. The molecule has 1 heterocycles. The van der Waals surface area contributed by atoms with Crippen LogP contribution in [-0.2, 0) is 0 Å². The summed E-state index contributed by atoms with van der Waals surface area (Å²) in [5, 5.41) is -0.126. The molecule has 0 spiro atoms. The van der Waals surface area contributed by atoms with Crippen LogP contribution in [0, 0.1) is 0 Å². The Labute approximate surface area is 135 Å². The molecular formula is C17H19ClN2O2. The quantitative estimate of drug-likeness (QED) is 0.850. The highest BCUT2D eigenvalue weighted by Crippen LogP contribution is 2.37. The number of halogens is 1. The van der Waals surface area contributed by atoms with Crippen LogP contribution in [-0.4, -0.2) is 19.6 Å². The molecule has 116 valence electrons. The molecule has 0 bridgehead atoms. The van der Waals surface area contributed by atoms with Gasteiger partial charge in [0.25, 0.3) is 0 Å². The summed E-state index contributed by atoms with van der Waals surface area (Å²) in [5.41, 5.74) is 8.75. The number of ether oxygens (including phenoxy) is 2. The fourth-order valence-electron chi connectivity index (χ4n) is 2.74. The Bertz CT molecular complexity index is 595. The van der Waals surface area contributed by atoms with Gasteiger partial charge in [-0.2, -0.15) is 0 Å². The van der Waals surface area contributed by atoms with Gasteiger partial charge in [0.2, 0.25) is 0 Å². The van der Waals surface area contributed by atoms with E-state index >= 15 is 0 Å². The zero-order valence-electron chi connectivity index (χ0n) is 12.5. The summed E-state index contributed by atoms with van der Waals surface area (Å²) in [4.78, 5) is 0. The number of rotatable bonds is 4. The third-order valence-corrected chi connectivity index (χ3v) is 4.44. The fraction of sp³-hybridized carbons (Fsp3) is 0.294. The maximum absolute atomic E-state index is 6.70. The number of nitrogens with one attached hydrogen (secondary N) is 2. The molecule has 5 heteroatoms. The van der Waals surface area contributed by atoms with Crippen molar-refractivity contribution < 1.29 is 9.47 Å². The number of methoxy groups -OCH3 is 2. The van der Waals surface area contributed by atoms with Crippen LogP contribution in [0.3, 0.4) is 0 Å². The molecule has 0 saturated carbocycles. The summed E-state index contributed by atoms with van der Waals surface area (Å²) in [6, 6.07) is 15.9. The van der Waals surface area contributed by atoms with Crippen molar-refractivity contribution in [2.24, 2.45) is 0 Å². The van der Waals surface area contributed by atoms with Crippen molar-refractivity contribution in [3.8, 4) is 11.5 Å². The van der Waals surface area contributed by atoms with Gasteiger partial charge in [0.1, 0.15) is 11.5 Å². The molecule has 1 saturated heterocycles. The Morgan fingerprint density at radius 1 is 0.818 bits per heavy atom. The van der Waals surface area contributed by atoms with Crippen LogP contribution in [0.2, 0.25) is 0 Å². The molecule has 2 unspecified atom stereocenters. The Morgan fingerprint density at radius 3 is 1.68 bits per heavy atom. The van der Waals surface area contributed by atoms with Gasteiger partial charge in [-0.15, -0.1) is 11.6 Å². The molecule has 0 aliphatic carbocycles. The standard InChI is InChI=1S/C17H19ClN2O2/c1-21-13-7-3-5-11(9-13)16-15(18)17(20-19-16)12-6-4-8-14(10-12)22-2/h3-10,15-17,19-20H,1-2H3. The fourth-order valence-corrected chi connectivity index (χ4v) is 3.15. The number of benzene rings is 2. The summed E-state index contributed by atoms with van der Waals surface area (Å²) in [6.07, 6.45) is 0. The van der Waals surface area contributed by atoms with Crippen LogP contribution in [0.5, 0.6) is 11.5 Å². The van der Waals surface area contributed by atoms with Crippen molar-refractivity contribution in [2.75, 3.05) is 14.2 Å². The summed E-state index contributed by atoms with van der Waals surface area (Å²) in [7, 11) is 3.33. The average Bonchev–Trinajstić information content (AvgIpc) is 2.96. The van der Waals surface area contributed by atoms with Crippen LogP contribution in [0.1, 0.15) is 23.2 Å². The Hall–Kier alpha value is -1.75. The molecule has 2 N–H and O–H groups in total. The van der Waals surface area contributed by atoms with Crippen molar-refractivity contribution in [1.29, 1.82) is 0 Å². The summed E-state index contributed by atoms with van der Waals surface area (Å²) < 4.78 is 10.6. The van der Waals surface area contributed by atoms with E-state index in [1.54, 1.807) is 14.2 Å². The summed E-state index contributed by atoms with van der Waals surface area (Å²) in [5.74, 6) is 1.65. The zero-order valence-corrected chi connectivity index (χ0v) is 13.3. The monoisotopic (exact) mass is 318 g/mol. The predicted octanol–water partition coefficient (Wildman–Crippen LogP) is 3.20. The first kappa shape index (κ1) is 15.2. The molecule has 2 atom stereocenters. The first-order valence-corrected chi connectivity index (χ1v) is 7.59.